The fourth-order valence-corrected chi connectivity index (χ4v) is 6.44. The van der Waals surface area contributed by atoms with Crippen molar-refractivity contribution in [3.05, 3.63) is 95.6 Å². The molecule has 3 aromatic carbocycles. The second kappa shape index (κ2) is 13.6. The van der Waals surface area contributed by atoms with Crippen LogP contribution in [0.1, 0.15) is 42.9 Å². The van der Waals surface area contributed by atoms with Crippen molar-refractivity contribution in [3.63, 3.8) is 0 Å². The van der Waals surface area contributed by atoms with Gasteiger partial charge >= 0.3 is 5.97 Å². The van der Waals surface area contributed by atoms with Gasteiger partial charge in [-0.1, -0.05) is 24.3 Å². The van der Waals surface area contributed by atoms with Crippen LogP contribution in [0.4, 0.5) is 14.5 Å². The summed E-state index contributed by atoms with van der Waals surface area (Å²) in [6.45, 7) is 1.23. The Hall–Kier alpha value is -4.35. The van der Waals surface area contributed by atoms with Gasteiger partial charge < -0.3 is 29.1 Å². The molecule has 0 bridgehead atoms. The second-order valence-corrected chi connectivity index (χ2v) is 12.1. The molecule has 2 amide bonds. The molecule has 0 radical (unpaired) electrons. The predicted molar refractivity (Wildman–Crippen MR) is 163 cm³/mol. The Bertz CT molecular complexity index is 1540. The number of aryl methyl sites for hydroxylation is 1. The smallest absolute Gasteiger partial charge is 0.326 e. The molecule has 3 heterocycles. The minimum Gasteiger partial charge on any atom is -0.494 e. The van der Waals surface area contributed by atoms with Crippen LogP contribution < -0.4 is 9.64 Å². The first-order valence-electron chi connectivity index (χ1n) is 15.5. The standard InChI is InChI=1S/C35H36F2N2O7/c36-25-7-11-27(12-8-25)39-32(29(33(39)41)16-19-45-28-13-9-26(37)10-14-28)24-5-3-23(4-6-24)15-17-35(21-44-22-35)46-20-31(40)38-18-1-2-30(38)34(42)43/h3-14,29-30,32H,1-2,15-22H2,(H,42,43)/t29-,30-,32-/m1/s1. The molecule has 3 fully saturated rings. The molecule has 0 aliphatic carbocycles. The van der Waals surface area contributed by atoms with Gasteiger partial charge in [0.1, 0.15) is 35.6 Å². The number of aliphatic carboxylic acids is 1. The maximum Gasteiger partial charge on any atom is 0.326 e. The molecule has 242 valence electrons. The summed E-state index contributed by atoms with van der Waals surface area (Å²) in [5.41, 5.74) is 1.98. The van der Waals surface area contributed by atoms with Gasteiger partial charge in [-0.2, -0.15) is 0 Å². The normalized spacial score (nSPS) is 21.9. The average molecular weight is 635 g/mol. The molecule has 3 saturated heterocycles. The summed E-state index contributed by atoms with van der Waals surface area (Å²) in [6.07, 6.45) is 2.85. The SMILES string of the molecule is O=C(O)[C@H]1CCCN1C(=O)COC1(CCc2ccc([C@@H]3[C@@H](CCOc4ccc(F)cc4)C(=O)N3c3ccc(F)cc3)cc2)COC1. The molecule has 0 aromatic heterocycles. The zero-order chi connectivity index (χ0) is 32.3. The van der Waals surface area contributed by atoms with E-state index in [0.29, 0.717) is 63.3 Å². The van der Waals surface area contributed by atoms with Gasteiger partial charge in [0.15, 0.2) is 0 Å². The lowest BCUT2D eigenvalue weighted by Crippen LogP contribution is -2.55. The van der Waals surface area contributed by atoms with Crippen LogP contribution in [0.3, 0.4) is 0 Å². The third-order valence-electron chi connectivity index (χ3n) is 9.11. The van der Waals surface area contributed by atoms with E-state index in [1.807, 2.05) is 24.3 Å². The lowest BCUT2D eigenvalue weighted by Gasteiger charge is -2.47. The molecule has 0 spiro atoms. The number of hydrogen-bond acceptors (Lipinski definition) is 6. The minimum absolute atomic E-state index is 0.0781. The lowest BCUT2D eigenvalue weighted by atomic mass is 9.79. The van der Waals surface area contributed by atoms with Crippen molar-refractivity contribution in [1.82, 2.24) is 4.90 Å². The Kier molecular flexibility index (Phi) is 9.32. The number of hydrogen-bond donors (Lipinski definition) is 1. The first-order chi connectivity index (χ1) is 22.2. The molecule has 3 aliphatic heterocycles. The van der Waals surface area contributed by atoms with Crippen molar-refractivity contribution < 1.29 is 42.5 Å². The molecule has 9 nitrogen and oxygen atoms in total. The molecule has 0 saturated carbocycles. The lowest BCUT2D eigenvalue weighted by molar-refractivity contribution is -0.214. The number of carboxylic acid groups (broad SMARTS) is 1. The van der Waals surface area contributed by atoms with E-state index in [-0.39, 0.29) is 48.6 Å². The number of ether oxygens (including phenoxy) is 3. The maximum absolute atomic E-state index is 13.7. The van der Waals surface area contributed by atoms with Gasteiger partial charge in [-0.25, -0.2) is 13.6 Å². The number of benzene rings is 3. The van der Waals surface area contributed by atoms with E-state index in [1.54, 1.807) is 29.2 Å². The van der Waals surface area contributed by atoms with Gasteiger partial charge in [0.05, 0.1) is 31.8 Å². The Balaban J connectivity index is 1.09. The summed E-state index contributed by atoms with van der Waals surface area (Å²) in [4.78, 5) is 40.6. The van der Waals surface area contributed by atoms with Crippen molar-refractivity contribution in [1.29, 1.82) is 0 Å². The van der Waals surface area contributed by atoms with Crippen LogP contribution in [-0.4, -0.2) is 72.4 Å². The van der Waals surface area contributed by atoms with Crippen molar-refractivity contribution in [2.75, 3.05) is 37.9 Å². The number of anilines is 1. The van der Waals surface area contributed by atoms with E-state index in [2.05, 4.69) is 0 Å². The van der Waals surface area contributed by atoms with Gasteiger partial charge in [0.25, 0.3) is 0 Å². The van der Waals surface area contributed by atoms with Crippen LogP contribution in [0.5, 0.6) is 5.75 Å². The molecule has 46 heavy (non-hydrogen) atoms. The number of halogens is 2. The van der Waals surface area contributed by atoms with Gasteiger partial charge in [0.2, 0.25) is 11.8 Å². The number of carbonyl (C=O) groups is 3. The zero-order valence-corrected chi connectivity index (χ0v) is 25.3. The second-order valence-electron chi connectivity index (χ2n) is 12.1. The Labute approximate surface area is 265 Å². The van der Waals surface area contributed by atoms with Crippen molar-refractivity contribution in [2.45, 2.75) is 49.8 Å². The highest BCUT2D eigenvalue weighted by Gasteiger charge is 2.48. The molecule has 6 rings (SSSR count). The summed E-state index contributed by atoms with van der Waals surface area (Å²) in [6, 6.07) is 18.5. The van der Waals surface area contributed by atoms with E-state index in [0.717, 1.165) is 11.1 Å². The van der Waals surface area contributed by atoms with Crippen LogP contribution in [0, 0.1) is 17.6 Å². The summed E-state index contributed by atoms with van der Waals surface area (Å²) >= 11 is 0. The number of carbonyl (C=O) groups excluding carboxylic acids is 2. The molecule has 3 aromatic rings. The largest absolute Gasteiger partial charge is 0.494 e. The minimum atomic E-state index is -0.993. The number of nitrogens with zero attached hydrogens (tertiary/aromatic N) is 2. The van der Waals surface area contributed by atoms with Crippen LogP contribution in [0.25, 0.3) is 0 Å². The molecule has 1 N–H and O–H groups in total. The van der Waals surface area contributed by atoms with Crippen LogP contribution in [0.2, 0.25) is 0 Å². The average Bonchev–Trinajstić information content (AvgIpc) is 3.54. The fourth-order valence-electron chi connectivity index (χ4n) is 6.44. The Morgan fingerprint density at radius 1 is 0.957 bits per heavy atom. The highest BCUT2D eigenvalue weighted by Crippen LogP contribution is 2.45. The number of likely N-dealkylation sites (tertiary alicyclic amines) is 1. The van der Waals surface area contributed by atoms with Crippen molar-refractivity contribution >= 4 is 23.5 Å². The number of β-lactam (4-membered cyclic amide) rings is 1. The third kappa shape index (κ3) is 6.75. The quantitative estimate of drug-likeness (QED) is 0.266. The van der Waals surface area contributed by atoms with Crippen LogP contribution in [0.15, 0.2) is 72.8 Å². The van der Waals surface area contributed by atoms with Gasteiger partial charge in [-0.15, -0.1) is 0 Å². The fraction of sp³-hybridized carbons (Fsp3) is 0.400. The third-order valence-corrected chi connectivity index (χ3v) is 9.11. The van der Waals surface area contributed by atoms with E-state index in [9.17, 15) is 28.3 Å². The summed E-state index contributed by atoms with van der Waals surface area (Å²) < 4.78 is 44.2. The van der Waals surface area contributed by atoms with Crippen LogP contribution in [-0.2, 0) is 30.3 Å². The van der Waals surface area contributed by atoms with Gasteiger partial charge in [0, 0.05) is 12.2 Å². The first kappa shape index (κ1) is 31.6. The summed E-state index contributed by atoms with van der Waals surface area (Å²) in [7, 11) is 0. The van der Waals surface area contributed by atoms with Gasteiger partial charge in [-0.3, -0.25) is 9.59 Å². The number of rotatable bonds is 13. The maximum atomic E-state index is 13.7. The van der Waals surface area contributed by atoms with E-state index in [1.165, 1.54) is 29.2 Å². The van der Waals surface area contributed by atoms with E-state index >= 15 is 0 Å². The predicted octanol–water partition coefficient (Wildman–Crippen LogP) is 4.93. The van der Waals surface area contributed by atoms with Crippen LogP contribution >= 0.6 is 0 Å². The zero-order valence-electron chi connectivity index (χ0n) is 25.3. The highest BCUT2D eigenvalue weighted by atomic mass is 19.1. The number of carboxylic acids is 1. The summed E-state index contributed by atoms with van der Waals surface area (Å²) in [5.74, 6) is -1.96. The van der Waals surface area contributed by atoms with E-state index < -0.39 is 17.6 Å². The molecule has 3 atom stereocenters. The van der Waals surface area contributed by atoms with E-state index in [4.69, 9.17) is 14.2 Å². The van der Waals surface area contributed by atoms with Crippen molar-refractivity contribution in [2.24, 2.45) is 5.92 Å². The Morgan fingerprint density at radius 3 is 2.26 bits per heavy atom. The van der Waals surface area contributed by atoms with Crippen molar-refractivity contribution in [3.8, 4) is 5.75 Å². The number of amides is 2. The molecule has 3 aliphatic rings. The Morgan fingerprint density at radius 2 is 1.63 bits per heavy atom. The molecular weight excluding hydrogens is 598 g/mol. The topological polar surface area (TPSA) is 106 Å². The summed E-state index contributed by atoms with van der Waals surface area (Å²) in [5, 5.41) is 9.40. The van der Waals surface area contributed by atoms with Gasteiger partial charge in [-0.05, 0) is 91.8 Å². The monoisotopic (exact) mass is 634 g/mol. The molecule has 11 heteroatoms. The molecule has 0 unspecified atom stereocenters. The first-order valence-corrected chi connectivity index (χ1v) is 15.5. The molecular formula is C35H36F2N2O7. The highest BCUT2D eigenvalue weighted by molar-refractivity contribution is 6.03.